The smallest absolute Gasteiger partial charge is 0.374 e. The van der Waals surface area contributed by atoms with Gasteiger partial charge in [0.1, 0.15) is 0 Å². The van der Waals surface area contributed by atoms with Gasteiger partial charge in [0, 0.05) is 35.2 Å². The van der Waals surface area contributed by atoms with E-state index in [1.807, 2.05) is 40.7 Å². The Morgan fingerprint density at radius 1 is 1.12 bits per heavy atom. The SMILES string of the molecule is CCC(=Cc1oc2ccc(Cl)cc2[n+]1CCCCOS(=O)O)C=C1Oc2ccc(Cl)cc2N1CCCCS(=O)(=O)O. The summed E-state index contributed by atoms with van der Waals surface area (Å²) in [5.74, 6) is 1.47. The summed E-state index contributed by atoms with van der Waals surface area (Å²) in [6.45, 7) is 3.18. The first kappa shape index (κ1) is 31.5. The van der Waals surface area contributed by atoms with Gasteiger partial charge in [0.05, 0.1) is 24.1 Å². The Morgan fingerprint density at radius 2 is 1.88 bits per heavy atom. The van der Waals surface area contributed by atoms with Crippen LogP contribution in [0.5, 0.6) is 5.75 Å². The number of oxazole rings is 1. The summed E-state index contributed by atoms with van der Waals surface area (Å²) >= 11 is 10.2. The van der Waals surface area contributed by atoms with E-state index in [1.165, 1.54) is 0 Å². The Hall–Kier alpha value is -2.45. The lowest BCUT2D eigenvalue weighted by Crippen LogP contribution is -2.35. The lowest BCUT2D eigenvalue weighted by molar-refractivity contribution is -0.678. The Kier molecular flexibility index (Phi) is 10.9. The molecule has 4 rings (SSSR count). The van der Waals surface area contributed by atoms with Gasteiger partial charge in [0.25, 0.3) is 15.6 Å². The molecule has 0 bridgehead atoms. The van der Waals surface area contributed by atoms with Crippen molar-refractivity contribution in [1.82, 2.24) is 0 Å². The van der Waals surface area contributed by atoms with Gasteiger partial charge < -0.3 is 14.1 Å². The maximum absolute atomic E-state index is 11.2. The van der Waals surface area contributed by atoms with Crippen LogP contribution >= 0.6 is 23.2 Å². The summed E-state index contributed by atoms with van der Waals surface area (Å²) in [7, 11) is -4.04. The van der Waals surface area contributed by atoms with Gasteiger partial charge in [-0.15, -0.1) is 0 Å². The zero-order chi connectivity index (χ0) is 29.6. The Balaban J connectivity index is 1.63. The molecule has 0 fully saturated rings. The molecule has 2 N–H and O–H groups in total. The van der Waals surface area contributed by atoms with Crippen molar-refractivity contribution in [3.05, 3.63) is 69.9 Å². The first-order valence-electron chi connectivity index (χ1n) is 13.0. The van der Waals surface area contributed by atoms with Gasteiger partial charge in [-0.05, 0) is 61.6 Å². The van der Waals surface area contributed by atoms with Crippen molar-refractivity contribution in [2.45, 2.75) is 45.6 Å². The summed E-state index contributed by atoms with van der Waals surface area (Å²) in [5.41, 5.74) is 3.15. The third-order valence-corrected chi connectivity index (χ3v) is 8.05. The average molecular weight is 647 g/mol. The highest BCUT2D eigenvalue weighted by atomic mass is 35.5. The quantitative estimate of drug-likeness (QED) is 0.0915. The molecule has 2 heterocycles. The molecule has 222 valence electrons. The molecular formula is C27H31Cl2N2O8S2+. The van der Waals surface area contributed by atoms with E-state index in [0.717, 1.165) is 16.8 Å². The fourth-order valence-electron chi connectivity index (χ4n) is 4.44. The first-order valence-corrected chi connectivity index (χ1v) is 16.4. The van der Waals surface area contributed by atoms with Crippen LogP contribution in [0.3, 0.4) is 0 Å². The minimum Gasteiger partial charge on any atom is -0.439 e. The van der Waals surface area contributed by atoms with Crippen LogP contribution in [0.4, 0.5) is 5.69 Å². The molecule has 1 atom stereocenters. The number of ether oxygens (including phenoxy) is 1. The van der Waals surface area contributed by atoms with E-state index in [0.29, 0.717) is 71.9 Å². The molecule has 14 heteroatoms. The first-order chi connectivity index (χ1) is 19.5. The molecule has 1 aliphatic heterocycles. The van der Waals surface area contributed by atoms with Crippen LogP contribution in [-0.2, 0) is 32.2 Å². The highest BCUT2D eigenvalue weighted by Gasteiger charge is 2.27. The maximum atomic E-state index is 11.2. The number of unbranched alkanes of at least 4 members (excludes halogenated alkanes) is 2. The van der Waals surface area contributed by atoms with Gasteiger partial charge in [0.15, 0.2) is 12.3 Å². The molecule has 2 aromatic carbocycles. The predicted octanol–water partition coefficient (Wildman–Crippen LogP) is 6.16. The lowest BCUT2D eigenvalue weighted by atomic mass is 10.1. The Morgan fingerprint density at radius 3 is 2.61 bits per heavy atom. The van der Waals surface area contributed by atoms with Crippen LogP contribution in [0.2, 0.25) is 10.0 Å². The van der Waals surface area contributed by atoms with E-state index in [4.69, 9.17) is 45.6 Å². The monoisotopic (exact) mass is 645 g/mol. The molecule has 0 spiro atoms. The third kappa shape index (κ3) is 8.77. The number of nitrogens with zero attached hydrogens (tertiary/aromatic N) is 2. The zero-order valence-electron chi connectivity index (χ0n) is 22.3. The van der Waals surface area contributed by atoms with E-state index in [2.05, 4.69) is 0 Å². The van der Waals surface area contributed by atoms with Crippen LogP contribution in [0.25, 0.3) is 17.2 Å². The standard InChI is InChI=1S/C27H30Cl2N2O8S2/c1-2-19(15-26-30(11-3-5-13-37-40(32)33)22-17-20(28)7-9-24(22)38-26)16-27-31(12-4-6-14-41(34,35)36)23-18-21(29)8-10-25(23)39-27/h7-10,15-18H,2-6,11-14H2,1H3,(H-,32,33,34,35,36)/p+1. The highest BCUT2D eigenvalue weighted by molar-refractivity contribution is 7.85. The van der Waals surface area contributed by atoms with E-state index >= 15 is 0 Å². The van der Waals surface area contributed by atoms with E-state index in [-0.39, 0.29) is 18.8 Å². The topological polar surface area (TPSA) is 130 Å². The van der Waals surface area contributed by atoms with E-state index in [1.54, 1.807) is 24.3 Å². The number of anilines is 1. The molecule has 0 saturated carbocycles. The summed E-state index contributed by atoms with van der Waals surface area (Å²) in [5, 5.41) is 1.11. The largest absolute Gasteiger partial charge is 0.439 e. The lowest BCUT2D eigenvalue weighted by Gasteiger charge is -2.18. The van der Waals surface area contributed by atoms with Crippen molar-refractivity contribution in [3.8, 4) is 5.75 Å². The van der Waals surface area contributed by atoms with Crippen molar-refractivity contribution in [2.24, 2.45) is 0 Å². The normalized spacial score (nSPS) is 15.5. The van der Waals surface area contributed by atoms with Gasteiger partial charge >= 0.3 is 17.3 Å². The fourth-order valence-corrected chi connectivity index (χ4v) is 5.61. The number of fused-ring (bicyclic) bond motifs is 2. The Labute approximate surface area is 251 Å². The third-order valence-electron chi connectivity index (χ3n) is 6.40. The van der Waals surface area contributed by atoms with Gasteiger partial charge in [-0.25, -0.2) is 0 Å². The molecule has 0 amide bonds. The highest BCUT2D eigenvalue weighted by Crippen LogP contribution is 2.41. The van der Waals surface area contributed by atoms with Crippen molar-refractivity contribution in [3.63, 3.8) is 0 Å². The summed E-state index contributed by atoms with van der Waals surface area (Å²) in [4.78, 5) is 1.94. The summed E-state index contributed by atoms with van der Waals surface area (Å²) in [6.07, 6.45) is 6.51. The van der Waals surface area contributed by atoms with Crippen molar-refractivity contribution < 1.29 is 39.6 Å². The number of rotatable bonds is 14. The zero-order valence-corrected chi connectivity index (χ0v) is 25.4. The second kappa shape index (κ2) is 14.1. The minimum atomic E-state index is -4.04. The molecule has 10 nitrogen and oxygen atoms in total. The number of benzene rings is 2. The molecule has 1 aromatic heterocycles. The fraction of sp³-hybridized carbons (Fsp3) is 0.370. The molecule has 0 saturated heterocycles. The van der Waals surface area contributed by atoms with Crippen LogP contribution in [-0.4, -0.2) is 40.6 Å². The minimum absolute atomic E-state index is 0.152. The molecule has 1 aliphatic rings. The van der Waals surface area contributed by atoms with E-state index < -0.39 is 21.5 Å². The van der Waals surface area contributed by atoms with Gasteiger partial charge in [-0.2, -0.15) is 17.2 Å². The van der Waals surface area contributed by atoms with Crippen LogP contribution in [0, 0.1) is 0 Å². The summed E-state index contributed by atoms with van der Waals surface area (Å²) < 4.78 is 70.1. The molecule has 1 unspecified atom stereocenters. The second-order valence-corrected chi connectivity index (χ2v) is 12.5. The number of halogens is 2. The molecule has 0 aliphatic carbocycles. The average Bonchev–Trinajstić information content (AvgIpc) is 3.41. The van der Waals surface area contributed by atoms with Crippen LogP contribution in [0.15, 0.2) is 58.3 Å². The van der Waals surface area contributed by atoms with E-state index in [9.17, 15) is 12.6 Å². The number of aromatic nitrogens is 1. The number of hydrogen-bond donors (Lipinski definition) is 2. The predicted molar refractivity (Wildman–Crippen MR) is 159 cm³/mol. The molecule has 0 radical (unpaired) electrons. The number of allylic oxidation sites excluding steroid dienone is 2. The molecule has 41 heavy (non-hydrogen) atoms. The Bertz CT molecular complexity index is 1590. The molecule has 3 aromatic rings. The molecular weight excluding hydrogens is 615 g/mol. The van der Waals surface area contributed by atoms with Crippen molar-refractivity contribution in [2.75, 3.05) is 23.8 Å². The second-order valence-electron chi connectivity index (χ2n) is 9.36. The summed E-state index contributed by atoms with van der Waals surface area (Å²) in [6, 6.07) is 10.7. The maximum Gasteiger partial charge on any atom is 0.374 e. The van der Waals surface area contributed by atoms with Crippen molar-refractivity contribution in [1.29, 1.82) is 0 Å². The van der Waals surface area contributed by atoms with Gasteiger partial charge in [-0.1, -0.05) is 30.1 Å². The van der Waals surface area contributed by atoms with Gasteiger partial charge in [-0.3, -0.25) is 13.3 Å². The van der Waals surface area contributed by atoms with Crippen LogP contribution < -0.4 is 14.2 Å². The van der Waals surface area contributed by atoms with Gasteiger partial charge in [0.2, 0.25) is 11.5 Å². The number of hydrogen-bond acceptors (Lipinski definition) is 7. The van der Waals surface area contributed by atoms with Crippen molar-refractivity contribution >= 4 is 67.5 Å². The van der Waals surface area contributed by atoms with Crippen LogP contribution in [0.1, 0.15) is 44.9 Å². The number of aryl methyl sites for hydroxylation is 1.